The largest absolute Gasteiger partial charge is 0.399 e. The van der Waals surface area contributed by atoms with E-state index in [4.69, 9.17) is 18.0 Å². The van der Waals surface area contributed by atoms with Crippen LogP contribution in [-0.4, -0.2) is 11.7 Å². The maximum Gasteiger partial charge on any atom is 0.170 e. The summed E-state index contributed by atoms with van der Waals surface area (Å²) in [4.78, 5) is 0. The van der Waals surface area contributed by atoms with Crippen molar-refractivity contribution in [3.05, 3.63) is 59.9 Å². The number of anilines is 2. The van der Waals surface area contributed by atoms with Gasteiger partial charge in [0.25, 0.3) is 0 Å². The first-order valence-corrected chi connectivity index (χ1v) is 6.70. The van der Waals surface area contributed by atoms with E-state index in [2.05, 4.69) is 10.6 Å². The predicted molar refractivity (Wildman–Crippen MR) is 85.2 cm³/mol. The van der Waals surface area contributed by atoms with Crippen molar-refractivity contribution in [1.82, 2.24) is 5.32 Å². The third-order valence-corrected chi connectivity index (χ3v) is 3.05. The van der Waals surface area contributed by atoms with Crippen LogP contribution in [0, 0.1) is 5.82 Å². The van der Waals surface area contributed by atoms with Crippen LogP contribution in [-0.2, 0) is 6.42 Å². The molecule has 2 aromatic carbocycles. The summed E-state index contributed by atoms with van der Waals surface area (Å²) in [5, 5.41) is 6.59. The van der Waals surface area contributed by atoms with Crippen molar-refractivity contribution in [2.75, 3.05) is 17.6 Å². The average molecular weight is 289 g/mol. The van der Waals surface area contributed by atoms with Gasteiger partial charge in [0.1, 0.15) is 5.82 Å². The van der Waals surface area contributed by atoms with Crippen LogP contribution >= 0.6 is 12.2 Å². The van der Waals surface area contributed by atoms with Crippen molar-refractivity contribution in [2.24, 2.45) is 0 Å². The van der Waals surface area contributed by atoms with Crippen molar-refractivity contribution in [1.29, 1.82) is 0 Å². The fourth-order valence-electron chi connectivity index (χ4n) is 1.75. The van der Waals surface area contributed by atoms with Gasteiger partial charge in [-0.15, -0.1) is 0 Å². The molecule has 0 amide bonds. The molecule has 0 fully saturated rings. The van der Waals surface area contributed by atoms with Gasteiger partial charge in [-0.25, -0.2) is 4.39 Å². The number of hydrogen-bond donors (Lipinski definition) is 3. The minimum absolute atomic E-state index is 0.188. The highest BCUT2D eigenvalue weighted by Crippen LogP contribution is 2.10. The highest BCUT2D eigenvalue weighted by molar-refractivity contribution is 7.80. The zero-order valence-corrected chi connectivity index (χ0v) is 11.7. The summed E-state index contributed by atoms with van der Waals surface area (Å²) in [6.45, 7) is 0.571. The number of halogens is 1. The molecular formula is C15H16FN3S. The van der Waals surface area contributed by atoms with E-state index >= 15 is 0 Å². The molecule has 0 saturated heterocycles. The summed E-state index contributed by atoms with van der Waals surface area (Å²) < 4.78 is 13.4. The SMILES string of the molecule is Nc1ccc(NC(=S)NCCc2ccccc2F)cc1. The van der Waals surface area contributed by atoms with Gasteiger partial charge in [-0.2, -0.15) is 0 Å². The first-order chi connectivity index (χ1) is 9.65. The molecule has 0 bridgehead atoms. The van der Waals surface area contributed by atoms with E-state index in [9.17, 15) is 4.39 Å². The molecule has 4 N–H and O–H groups in total. The second-order valence-electron chi connectivity index (χ2n) is 4.34. The molecule has 5 heteroatoms. The first-order valence-electron chi connectivity index (χ1n) is 6.29. The Hall–Kier alpha value is -2.14. The molecule has 104 valence electrons. The molecule has 0 aliphatic heterocycles. The molecule has 2 aromatic rings. The summed E-state index contributed by atoms with van der Waals surface area (Å²) in [5.74, 6) is -0.188. The molecule has 20 heavy (non-hydrogen) atoms. The second kappa shape index (κ2) is 6.86. The van der Waals surface area contributed by atoms with Crippen LogP contribution in [0.3, 0.4) is 0 Å². The van der Waals surface area contributed by atoms with Gasteiger partial charge in [-0.1, -0.05) is 18.2 Å². The highest BCUT2D eigenvalue weighted by Gasteiger charge is 2.01. The third kappa shape index (κ3) is 4.20. The van der Waals surface area contributed by atoms with E-state index < -0.39 is 0 Å². The number of rotatable bonds is 4. The average Bonchev–Trinajstić information content (AvgIpc) is 2.43. The molecule has 2 rings (SSSR count). The molecule has 0 atom stereocenters. The topological polar surface area (TPSA) is 50.1 Å². The van der Waals surface area contributed by atoms with Gasteiger partial charge in [0.2, 0.25) is 0 Å². The Kier molecular flexibility index (Phi) is 4.90. The van der Waals surface area contributed by atoms with Crippen LogP contribution in [0.25, 0.3) is 0 Å². The lowest BCUT2D eigenvalue weighted by Gasteiger charge is -2.11. The Morgan fingerprint density at radius 1 is 1.10 bits per heavy atom. The van der Waals surface area contributed by atoms with E-state index in [1.54, 1.807) is 24.3 Å². The Morgan fingerprint density at radius 2 is 1.80 bits per heavy atom. The fourth-order valence-corrected chi connectivity index (χ4v) is 1.97. The third-order valence-electron chi connectivity index (χ3n) is 2.81. The molecule has 0 spiro atoms. The van der Waals surface area contributed by atoms with Gasteiger partial charge in [0.05, 0.1) is 0 Å². The van der Waals surface area contributed by atoms with E-state index in [1.165, 1.54) is 6.07 Å². The quantitative estimate of drug-likeness (QED) is 0.598. The van der Waals surface area contributed by atoms with E-state index in [0.717, 1.165) is 5.69 Å². The monoisotopic (exact) mass is 289 g/mol. The standard InChI is InChI=1S/C15H16FN3S/c16-14-4-2-1-3-11(14)9-10-18-15(20)19-13-7-5-12(17)6-8-13/h1-8H,9-10,17H2,(H2,18,19,20). The van der Waals surface area contributed by atoms with Crippen molar-refractivity contribution in [2.45, 2.75) is 6.42 Å². The Balaban J connectivity index is 1.78. The van der Waals surface area contributed by atoms with Gasteiger partial charge >= 0.3 is 0 Å². The van der Waals surface area contributed by atoms with Crippen LogP contribution in [0.1, 0.15) is 5.56 Å². The van der Waals surface area contributed by atoms with Crippen LogP contribution in [0.4, 0.5) is 15.8 Å². The van der Waals surface area contributed by atoms with Gasteiger partial charge in [-0.3, -0.25) is 0 Å². The number of nitrogens with one attached hydrogen (secondary N) is 2. The lowest BCUT2D eigenvalue weighted by Crippen LogP contribution is -2.30. The lowest BCUT2D eigenvalue weighted by atomic mass is 10.1. The molecule has 0 heterocycles. The summed E-state index contributed by atoms with van der Waals surface area (Å²) in [6, 6.07) is 14.0. The van der Waals surface area contributed by atoms with E-state index in [0.29, 0.717) is 29.3 Å². The smallest absolute Gasteiger partial charge is 0.170 e. The summed E-state index contributed by atoms with van der Waals surface area (Å²) in [5.41, 5.74) is 7.85. The summed E-state index contributed by atoms with van der Waals surface area (Å²) in [6.07, 6.45) is 0.580. The number of hydrogen-bond acceptors (Lipinski definition) is 2. The van der Waals surface area contributed by atoms with E-state index in [-0.39, 0.29) is 5.82 Å². The molecule has 3 nitrogen and oxygen atoms in total. The Morgan fingerprint density at radius 3 is 2.50 bits per heavy atom. The Labute approximate surface area is 123 Å². The molecule has 0 aliphatic carbocycles. The maximum absolute atomic E-state index is 13.4. The van der Waals surface area contributed by atoms with Crippen molar-refractivity contribution in [3.8, 4) is 0 Å². The lowest BCUT2D eigenvalue weighted by molar-refractivity contribution is 0.607. The van der Waals surface area contributed by atoms with E-state index in [1.807, 2.05) is 18.2 Å². The Bertz CT molecular complexity index is 584. The van der Waals surface area contributed by atoms with Crippen LogP contribution < -0.4 is 16.4 Å². The van der Waals surface area contributed by atoms with Crippen LogP contribution in [0.15, 0.2) is 48.5 Å². The first kappa shape index (κ1) is 14.3. The molecule has 0 saturated carbocycles. The number of benzene rings is 2. The molecular weight excluding hydrogens is 273 g/mol. The van der Waals surface area contributed by atoms with Gasteiger partial charge < -0.3 is 16.4 Å². The molecule has 0 radical (unpaired) electrons. The fraction of sp³-hybridized carbons (Fsp3) is 0.133. The highest BCUT2D eigenvalue weighted by atomic mass is 32.1. The minimum Gasteiger partial charge on any atom is -0.399 e. The zero-order valence-electron chi connectivity index (χ0n) is 10.9. The number of thiocarbonyl (C=S) groups is 1. The van der Waals surface area contributed by atoms with Crippen LogP contribution in [0.5, 0.6) is 0 Å². The minimum atomic E-state index is -0.188. The summed E-state index contributed by atoms with van der Waals surface area (Å²) in [7, 11) is 0. The maximum atomic E-state index is 13.4. The normalized spacial score (nSPS) is 10.1. The van der Waals surface area contributed by atoms with Crippen molar-refractivity contribution < 1.29 is 4.39 Å². The van der Waals surface area contributed by atoms with Crippen molar-refractivity contribution >= 4 is 28.7 Å². The summed E-state index contributed by atoms with van der Waals surface area (Å²) >= 11 is 5.17. The van der Waals surface area contributed by atoms with Gasteiger partial charge in [-0.05, 0) is 54.5 Å². The molecule has 0 aliphatic rings. The van der Waals surface area contributed by atoms with Gasteiger partial charge in [0.15, 0.2) is 5.11 Å². The molecule has 0 aromatic heterocycles. The predicted octanol–water partition coefficient (Wildman–Crippen LogP) is 2.94. The zero-order chi connectivity index (χ0) is 14.4. The number of nitrogens with two attached hydrogens (primary N) is 1. The second-order valence-corrected chi connectivity index (χ2v) is 4.75. The molecule has 0 unspecified atom stereocenters. The van der Waals surface area contributed by atoms with Gasteiger partial charge in [0, 0.05) is 17.9 Å². The van der Waals surface area contributed by atoms with Crippen molar-refractivity contribution in [3.63, 3.8) is 0 Å². The number of nitrogen functional groups attached to an aromatic ring is 1. The van der Waals surface area contributed by atoms with Crippen LogP contribution in [0.2, 0.25) is 0 Å².